The second-order valence-corrected chi connectivity index (χ2v) is 9.30. The maximum Gasteiger partial charge on any atom is 0.253 e. The van der Waals surface area contributed by atoms with Crippen LogP contribution >= 0.6 is 11.6 Å². The molecule has 1 saturated carbocycles. The van der Waals surface area contributed by atoms with Gasteiger partial charge in [-0.3, -0.25) is 4.79 Å². The van der Waals surface area contributed by atoms with Gasteiger partial charge in [0.1, 0.15) is 5.67 Å². The summed E-state index contributed by atoms with van der Waals surface area (Å²) in [6, 6.07) is 5.77. The number of aliphatic hydroxyl groups is 1. The molecule has 7 heteroatoms. The number of nitrogens with one attached hydrogen (secondary N) is 1. The summed E-state index contributed by atoms with van der Waals surface area (Å²) < 4.78 is 22.0. The van der Waals surface area contributed by atoms with E-state index in [1.165, 1.54) is 0 Å². The summed E-state index contributed by atoms with van der Waals surface area (Å²) >= 11 is 6.44. The fourth-order valence-electron chi connectivity index (χ4n) is 4.59. The Bertz CT molecular complexity index is 922. The van der Waals surface area contributed by atoms with Crippen molar-refractivity contribution in [3.63, 3.8) is 0 Å². The SMILES string of the molecule is CC1CC(O)(CNC(=O)c2cn(C3CCOC3)c3cccc(Cl)c23)CCC1(C)F. The molecule has 2 N–H and O–H groups in total. The normalized spacial score (nSPS) is 32.6. The Hall–Kier alpha value is -1.63. The van der Waals surface area contributed by atoms with Gasteiger partial charge >= 0.3 is 0 Å². The molecule has 0 spiro atoms. The quantitative estimate of drug-likeness (QED) is 0.773. The smallest absolute Gasteiger partial charge is 0.253 e. The monoisotopic (exact) mass is 422 g/mol. The van der Waals surface area contributed by atoms with Crippen molar-refractivity contribution in [3.05, 3.63) is 35.0 Å². The summed E-state index contributed by atoms with van der Waals surface area (Å²) in [4.78, 5) is 13.0. The van der Waals surface area contributed by atoms with E-state index >= 15 is 0 Å². The summed E-state index contributed by atoms with van der Waals surface area (Å²) in [5.41, 5.74) is -0.987. The Labute approximate surface area is 175 Å². The highest BCUT2D eigenvalue weighted by Gasteiger charge is 2.44. The third-order valence-corrected chi connectivity index (χ3v) is 7.04. The van der Waals surface area contributed by atoms with Gasteiger partial charge in [-0.05, 0) is 50.7 Å². The number of fused-ring (bicyclic) bond motifs is 1. The Balaban J connectivity index is 1.56. The summed E-state index contributed by atoms with van der Waals surface area (Å²) in [5, 5.41) is 15.0. The Morgan fingerprint density at radius 1 is 1.45 bits per heavy atom. The first-order chi connectivity index (χ1) is 13.7. The zero-order valence-electron chi connectivity index (χ0n) is 16.9. The molecule has 1 amide bonds. The van der Waals surface area contributed by atoms with Gasteiger partial charge < -0.3 is 19.7 Å². The first-order valence-corrected chi connectivity index (χ1v) is 10.6. The summed E-state index contributed by atoms with van der Waals surface area (Å²) in [7, 11) is 0. The maximum absolute atomic E-state index is 14.4. The van der Waals surface area contributed by atoms with Crippen molar-refractivity contribution < 1.29 is 19.0 Å². The molecule has 4 atom stereocenters. The van der Waals surface area contributed by atoms with Crippen LogP contribution in [0.2, 0.25) is 5.02 Å². The largest absolute Gasteiger partial charge is 0.388 e. The molecule has 4 unspecified atom stereocenters. The lowest BCUT2D eigenvalue weighted by Crippen LogP contribution is -2.50. The summed E-state index contributed by atoms with van der Waals surface area (Å²) in [6.07, 6.45) is 3.65. The lowest BCUT2D eigenvalue weighted by molar-refractivity contribution is -0.0680. The molecule has 1 aromatic heterocycles. The minimum Gasteiger partial charge on any atom is -0.388 e. The van der Waals surface area contributed by atoms with E-state index in [9.17, 15) is 14.3 Å². The molecule has 1 aromatic carbocycles. The molecule has 2 heterocycles. The van der Waals surface area contributed by atoms with E-state index in [2.05, 4.69) is 9.88 Å². The lowest BCUT2D eigenvalue weighted by Gasteiger charge is -2.42. The van der Waals surface area contributed by atoms with Crippen molar-refractivity contribution in [3.8, 4) is 0 Å². The van der Waals surface area contributed by atoms with Crippen LogP contribution < -0.4 is 5.32 Å². The number of carbonyl (C=O) groups excluding carboxylic acids is 1. The van der Waals surface area contributed by atoms with Gasteiger partial charge in [-0.2, -0.15) is 0 Å². The van der Waals surface area contributed by atoms with Crippen LogP contribution in [-0.2, 0) is 4.74 Å². The van der Waals surface area contributed by atoms with Crippen LogP contribution in [0.1, 0.15) is 55.9 Å². The van der Waals surface area contributed by atoms with E-state index in [4.69, 9.17) is 16.3 Å². The number of halogens is 2. The zero-order valence-corrected chi connectivity index (χ0v) is 17.6. The molecule has 0 radical (unpaired) electrons. The van der Waals surface area contributed by atoms with Crippen molar-refractivity contribution in [1.29, 1.82) is 0 Å². The summed E-state index contributed by atoms with van der Waals surface area (Å²) in [5.74, 6) is -0.549. The van der Waals surface area contributed by atoms with Crippen molar-refractivity contribution in [1.82, 2.24) is 9.88 Å². The van der Waals surface area contributed by atoms with Crippen molar-refractivity contribution in [2.45, 2.75) is 56.8 Å². The highest BCUT2D eigenvalue weighted by atomic mass is 35.5. The molecule has 5 nitrogen and oxygen atoms in total. The van der Waals surface area contributed by atoms with Crippen molar-refractivity contribution in [2.24, 2.45) is 5.92 Å². The highest BCUT2D eigenvalue weighted by molar-refractivity contribution is 6.36. The van der Waals surface area contributed by atoms with Gasteiger partial charge in [-0.25, -0.2) is 4.39 Å². The fraction of sp³-hybridized carbons (Fsp3) is 0.591. The topological polar surface area (TPSA) is 63.5 Å². The third-order valence-electron chi connectivity index (χ3n) is 6.72. The Morgan fingerprint density at radius 2 is 2.24 bits per heavy atom. The number of alkyl halides is 1. The molecule has 2 fully saturated rings. The number of carbonyl (C=O) groups is 1. The second kappa shape index (κ2) is 7.56. The van der Waals surface area contributed by atoms with E-state index in [1.54, 1.807) is 13.0 Å². The third kappa shape index (κ3) is 3.90. The zero-order chi connectivity index (χ0) is 20.8. The van der Waals surface area contributed by atoms with E-state index in [0.717, 1.165) is 11.9 Å². The minimum absolute atomic E-state index is 0.0932. The van der Waals surface area contributed by atoms with Crippen LogP contribution in [-0.4, -0.2) is 46.6 Å². The fourth-order valence-corrected chi connectivity index (χ4v) is 4.86. The molecule has 1 aliphatic heterocycles. The lowest BCUT2D eigenvalue weighted by atomic mass is 9.71. The highest BCUT2D eigenvalue weighted by Crippen LogP contribution is 2.41. The molecular formula is C22H28ClFN2O3. The van der Waals surface area contributed by atoms with Gasteiger partial charge in [0, 0.05) is 24.7 Å². The number of hydrogen-bond donors (Lipinski definition) is 2. The van der Waals surface area contributed by atoms with Crippen molar-refractivity contribution in [2.75, 3.05) is 19.8 Å². The van der Waals surface area contributed by atoms with Crippen LogP contribution in [0.5, 0.6) is 0 Å². The molecule has 2 aromatic rings. The molecule has 4 rings (SSSR count). The van der Waals surface area contributed by atoms with Gasteiger partial charge in [0.15, 0.2) is 0 Å². The number of nitrogens with zero attached hydrogens (tertiary/aromatic N) is 1. The molecule has 1 aliphatic carbocycles. The molecule has 2 aliphatic rings. The van der Waals surface area contributed by atoms with Gasteiger partial charge in [-0.15, -0.1) is 0 Å². The van der Waals surface area contributed by atoms with Gasteiger partial charge in [-0.1, -0.05) is 24.6 Å². The standard InChI is InChI=1S/C22H28ClFN2O3/c1-14-10-22(28,8-7-21(14,2)24)13-25-20(27)16-11-26(15-6-9-29-12-15)18-5-3-4-17(23)19(16)18/h3-5,11,14-15,28H,6-10,12-13H2,1-2H3,(H,25,27). The molecule has 29 heavy (non-hydrogen) atoms. The summed E-state index contributed by atoms with van der Waals surface area (Å²) in [6.45, 7) is 4.79. The first kappa shape index (κ1) is 20.6. The molecule has 1 saturated heterocycles. The number of rotatable bonds is 4. The minimum atomic E-state index is -1.28. The van der Waals surface area contributed by atoms with Gasteiger partial charge in [0.25, 0.3) is 5.91 Å². The first-order valence-electron chi connectivity index (χ1n) is 10.3. The second-order valence-electron chi connectivity index (χ2n) is 8.89. The van der Waals surface area contributed by atoms with Crippen LogP contribution in [0.4, 0.5) is 4.39 Å². The van der Waals surface area contributed by atoms with Crippen LogP contribution in [0, 0.1) is 5.92 Å². The molecule has 0 bridgehead atoms. The van der Waals surface area contributed by atoms with E-state index in [-0.39, 0.29) is 30.8 Å². The number of aromatic nitrogens is 1. The van der Waals surface area contributed by atoms with Crippen LogP contribution in [0.25, 0.3) is 10.9 Å². The number of amides is 1. The Kier molecular flexibility index (Phi) is 5.38. The Morgan fingerprint density at radius 3 is 2.93 bits per heavy atom. The molecule has 158 valence electrons. The van der Waals surface area contributed by atoms with Crippen molar-refractivity contribution >= 4 is 28.4 Å². The average Bonchev–Trinajstić information content (AvgIpc) is 3.32. The van der Waals surface area contributed by atoms with Gasteiger partial charge in [0.05, 0.1) is 34.4 Å². The van der Waals surface area contributed by atoms with E-state index in [1.807, 2.05) is 25.3 Å². The van der Waals surface area contributed by atoms with E-state index in [0.29, 0.717) is 42.0 Å². The predicted octanol–water partition coefficient (Wildman–Crippen LogP) is 4.27. The van der Waals surface area contributed by atoms with E-state index < -0.39 is 11.3 Å². The predicted molar refractivity (Wildman–Crippen MR) is 111 cm³/mol. The number of hydrogen-bond acceptors (Lipinski definition) is 3. The average molecular weight is 423 g/mol. The maximum atomic E-state index is 14.4. The van der Waals surface area contributed by atoms with Crippen LogP contribution in [0.3, 0.4) is 0 Å². The van der Waals surface area contributed by atoms with Crippen LogP contribution in [0.15, 0.2) is 24.4 Å². The number of benzene rings is 1. The number of ether oxygens (including phenoxy) is 1. The molecular weight excluding hydrogens is 395 g/mol. The van der Waals surface area contributed by atoms with Gasteiger partial charge in [0.2, 0.25) is 0 Å².